The van der Waals surface area contributed by atoms with Crippen molar-refractivity contribution in [3.8, 4) is 0 Å². The summed E-state index contributed by atoms with van der Waals surface area (Å²) < 4.78 is 6.68. The Morgan fingerprint density at radius 3 is 1.86 bits per heavy atom. The van der Waals surface area contributed by atoms with Gasteiger partial charge in [0.05, 0.1) is 0 Å². The lowest BCUT2D eigenvalue weighted by molar-refractivity contribution is 0.143. The summed E-state index contributed by atoms with van der Waals surface area (Å²) in [4.78, 5) is 0. The van der Waals surface area contributed by atoms with Crippen LogP contribution in [-0.2, 0) is 11.2 Å². The minimum absolute atomic E-state index is 0.863. The summed E-state index contributed by atoms with van der Waals surface area (Å²) in [5.74, 6) is 0. The second kappa shape index (κ2) is 13.6. The smallest absolute Gasteiger partial charge is 0.0465 e. The predicted octanol–water partition coefficient (Wildman–Crippen LogP) is 6.38. The van der Waals surface area contributed by atoms with Crippen molar-refractivity contribution in [3.05, 3.63) is 33.4 Å². The molecule has 0 radical (unpaired) electrons. The van der Waals surface area contributed by atoms with Gasteiger partial charge in [0, 0.05) is 16.8 Å². The molecule has 0 aliphatic heterocycles. The average molecular weight is 402 g/mol. The van der Waals surface area contributed by atoms with E-state index in [1.165, 1.54) is 73.3 Å². The fraction of sp³-hybridized carbons (Fsp3) is 0.684. The van der Waals surface area contributed by atoms with E-state index in [4.69, 9.17) is 4.74 Å². The van der Waals surface area contributed by atoms with E-state index < -0.39 is 0 Å². The van der Waals surface area contributed by atoms with Crippen LogP contribution in [0.5, 0.6) is 0 Å². The van der Waals surface area contributed by atoms with Crippen molar-refractivity contribution in [2.75, 3.05) is 13.2 Å². The van der Waals surface area contributed by atoms with Gasteiger partial charge < -0.3 is 4.74 Å². The molecule has 0 atom stereocenters. The fourth-order valence-corrected chi connectivity index (χ4v) is 2.93. The third-order valence-corrected chi connectivity index (χ3v) is 4.59. The van der Waals surface area contributed by atoms with Crippen LogP contribution in [0.1, 0.15) is 70.3 Å². The Bertz CT molecular complexity index is 334. The minimum Gasteiger partial charge on any atom is -0.382 e. The molecule has 0 unspecified atom stereocenters. The Hall–Kier alpha value is -0.0900. The van der Waals surface area contributed by atoms with Crippen molar-refractivity contribution in [1.82, 2.24) is 0 Å². The van der Waals surface area contributed by atoms with Crippen molar-refractivity contribution in [2.45, 2.75) is 71.1 Å². The number of unbranched alkanes of at least 4 members (excludes halogenated alkanes) is 8. The lowest BCUT2D eigenvalue weighted by Gasteiger charge is -2.04. The lowest BCUT2D eigenvalue weighted by atomic mass is 10.0. The van der Waals surface area contributed by atoms with Crippen LogP contribution in [0.2, 0.25) is 0 Å². The third kappa shape index (κ3) is 11.2. The summed E-state index contributed by atoms with van der Waals surface area (Å²) >= 11 is 2.37. The Kier molecular flexibility index (Phi) is 12.2. The van der Waals surface area contributed by atoms with Crippen LogP contribution in [-0.4, -0.2) is 13.2 Å². The number of hydrogen-bond donors (Lipinski definition) is 0. The molecular weight excluding hydrogens is 371 g/mol. The molecule has 1 nitrogen and oxygen atoms in total. The van der Waals surface area contributed by atoms with Crippen molar-refractivity contribution >= 4 is 22.6 Å². The number of rotatable bonds is 13. The molecule has 0 amide bonds. The highest BCUT2D eigenvalue weighted by Crippen LogP contribution is 2.13. The molecule has 0 spiro atoms. The van der Waals surface area contributed by atoms with Crippen molar-refractivity contribution in [3.63, 3.8) is 0 Å². The SMILES string of the molecule is CCOCCCCCCCCCCCc1ccc(I)cc1. The Morgan fingerprint density at radius 1 is 0.762 bits per heavy atom. The fourth-order valence-electron chi connectivity index (χ4n) is 2.57. The number of halogens is 1. The van der Waals surface area contributed by atoms with Crippen LogP contribution < -0.4 is 0 Å². The highest BCUT2D eigenvalue weighted by Gasteiger charge is 1.95. The highest BCUT2D eigenvalue weighted by molar-refractivity contribution is 14.1. The normalized spacial score (nSPS) is 11.0. The van der Waals surface area contributed by atoms with Crippen LogP contribution >= 0.6 is 22.6 Å². The molecule has 1 aromatic carbocycles. The molecule has 0 aliphatic rings. The maximum Gasteiger partial charge on any atom is 0.0465 e. The van der Waals surface area contributed by atoms with Gasteiger partial charge in [-0.15, -0.1) is 0 Å². The number of benzene rings is 1. The molecule has 0 saturated carbocycles. The molecule has 1 rings (SSSR count). The first-order valence-electron chi connectivity index (χ1n) is 8.65. The van der Waals surface area contributed by atoms with Crippen LogP contribution in [0.3, 0.4) is 0 Å². The molecule has 0 N–H and O–H groups in total. The molecule has 0 heterocycles. The van der Waals surface area contributed by atoms with Crippen molar-refractivity contribution < 1.29 is 4.74 Å². The first-order chi connectivity index (χ1) is 10.3. The topological polar surface area (TPSA) is 9.23 Å². The Balaban J connectivity index is 1.81. The maximum absolute atomic E-state index is 5.35. The Labute approximate surface area is 145 Å². The van der Waals surface area contributed by atoms with Gasteiger partial charge in [0.1, 0.15) is 0 Å². The van der Waals surface area contributed by atoms with Crippen LogP contribution in [0.25, 0.3) is 0 Å². The average Bonchev–Trinajstić information content (AvgIpc) is 2.50. The zero-order valence-corrected chi connectivity index (χ0v) is 15.7. The molecule has 1 aromatic rings. The molecular formula is C19H31IO. The maximum atomic E-state index is 5.35. The van der Waals surface area contributed by atoms with Gasteiger partial charge in [0.15, 0.2) is 0 Å². The van der Waals surface area contributed by atoms with Gasteiger partial charge in [-0.05, 0) is 66.5 Å². The zero-order chi connectivity index (χ0) is 15.2. The number of aryl methyl sites for hydroxylation is 1. The third-order valence-electron chi connectivity index (χ3n) is 3.87. The van der Waals surface area contributed by atoms with Gasteiger partial charge >= 0.3 is 0 Å². The molecule has 0 fully saturated rings. The van der Waals surface area contributed by atoms with E-state index in [1.54, 1.807) is 0 Å². The van der Waals surface area contributed by atoms with E-state index in [0.717, 1.165) is 13.2 Å². The summed E-state index contributed by atoms with van der Waals surface area (Å²) in [7, 11) is 0. The largest absolute Gasteiger partial charge is 0.382 e. The van der Waals surface area contributed by atoms with Gasteiger partial charge in [0.25, 0.3) is 0 Å². The predicted molar refractivity (Wildman–Crippen MR) is 101 cm³/mol. The van der Waals surface area contributed by atoms with Gasteiger partial charge in [0.2, 0.25) is 0 Å². The van der Waals surface area contributed by atoms with E-state index in [-0.39, 0.29) is 0 Å². The highest BCUT2D eigenvalue weighted by atomic mass is 127. The molecule has 2 heteroatoms. The first kappa shape index (κ1) is 19.0. The van der Waals surface area contributed by atoms with Gasteiger partial charge in [-0.2, -0.15) is 0 Å². The number of hydrogen-bond acceptors (Lipinski definition) is 1. The van der Waals surface area contributed by atoms with Crippen LogP contribution in [0.4, 0.5) is 0 Å². The summed E-state index contributed by atoms with van der Waals surface area (Å²) in [6.45, 7) is 3.88. The van der Waals surface area contributed by atoms with E-state index in [0.29, 0.717) is 0 Å². The van der Waals surface area contributed by atoms with Crippen molar-refractivity contribution in [1.29, 1.82) is 0 Å². The van der Waals surface area contributed by atoms with E-state index in [9.17, 15) is 0 Å². The first-order valence-corrected chi connectivity index (χ1v) is 9.73. The lowest BCUT2D eigenvalue weighted by Crippen LogP contribution is -1.93. The standard InChI is InChI=1S/C19H31IO/c1-2-21-17-11-9-7-5-3-4-6-8-10-12-18-13-15-19(20)16-14-18/h13-16H,2-12,17H2,1H3. The summed E-state index contributed by atoms with van der Waals surface area (Å²) in [5, 5.41) is 0. The van der Waals surface area contributed by atoms with Gasteiger partial charge in [-0.1, -0.05) is 57.1 Å². The molecule has 120 valence electrons. The van der Waals surface area contributed by atoms with E-state index >= 15 is 0 Å². The summed E-state index contributed by atoms with van der Waals surface area (Å²) in [6, 6.07) is 8.96. The monoisotopic (exact) mass is 402 g/mol. The second-order valence-corrected chi connectivity index (χ2v) is 7.00. The van der Waals surface area contributed by atoms with Crippen LogP contribution in [0.15, 0.2) is 24.3 Å². The zero-order valence-electron chi connectivity index (χ0n) is 13.6. The molecule has 0 aliphatic carbocycles. The summed E-state index contributed by atoms with van der Waals surface area (Å²) in [5.41, 5.74) is 1.49. The quantitative estimate of drug-likeness (QED) is 0.275. The molecule has 21 heavy (non-hydrogen) atoms. The number of ether oxygens (including phenoxy) is 1. The van der Waals surface area contributed by atoms with E-state index in [2.05, 4.69) is 53.8 Å². The second-order valence-electron chi connectivity index (χ2n) is 5.76. The summed E-state index contributed by atoms with van der Waals surface area (Å²) in [6.07, 6.45) is 13.6. The van der Waals surface area contributed by atoms with Crippen LogP contribution in [0, 0.1) is 3.57 Å². The molecule has 0 saturated heterocycles. The molecule has 0 aromatic heterocycles. The Morgan fingerprint density at radius 2 is 1.29 bits per heavy atom. The van der Waals surface area contributed by atoms with Gasteiger partial charge in [-0.3, -0.25) is 0 Å². The van der Waals surface area contributed by atoms with Crippen molar-refractivity contribution in [2.24, 2.45) is 0 Å². The minimum atomic E-state index is 0.863. The van der Waals surface area contributed by atoms with Gasteiger partial charge in [-0.25, -0.2) is 0 Å². The van der Waals surface area contributed by atoms with E-state index in [1.807, 2.05) is 0 Å². The molecule has 0 bridgehead atoms.